The van der Waals surface area contributed by atoms with Gasteiger partial charge in [-0.05, 0) is 37.8 Å². The molecule has 1 atom stereocenters. The molecule has 2 rings (SSSR count). The van der Waals surface area contributed by atoms with Gasteiger partial charge < -0.3 is 24.5 Å². The summed E-state index contributed by atoms with van der Waals surface area (Å²) in [5.74, 6) is -1.01. The number of amides is 1. The van der Waals surface area contributed by atoms with E-state index in [1.807, 2.05) is 6.92 Å². The Hall–Kier alpha value is -2.35. The monoisotopic (exact) mass is 375 g/mol. The van der Waals surface area contributed by atoms with Gasteiger partial charge >= 0.3 is 13.1 Å². The van der Waals surface area contributed by atoms with Crippen molar-refractivity contribution in [1.82, 2.24) is 5.32 Å². The van der Waals surface area contributed by atoms with Gasteiger partial charge in [-0.1, -0.05) is 25.5 Å². The molecule has 0 spiro atoms. The van der Waals surface area contributed by atoms with Crippen LogP contribution in [0.3, 0.4) is 0 Å². The predicted octanol–water partition coefficient (Wildman–Crippen LogP) is 1.84. The first-order valence-corrected chi connectivity index (χ1v) is 9.35. The van der Waals surface area contributed by atoms with Crippen LogP contribution in [0.5, 0.6) is 5.75 Å². The highest BCUT2D eigenvalue weighted by Crippen LogP contribution is 2.30. The van der Waals surface area contributed by atoms with Crippen molar-refractivity contribution in [2.45, 2.75) is 58.3 Å². The highest BCUT2D eigenvalue weighted by molar-refractivity contribution is 6.47. The number of para-hydroxylation sites is 1. The third-order valence-corrected chi connectivity index (χ3v) is 4.35. The van der Waals surface area contributed by atoms with E-state index in [9.17, 15) is 19.4 Å². The summed E-state index contributed by atoms with van der Waals surface area (Å²) in [6.07, 6.45) is 3.06. The van der Waals surface area contributed by atoms with Crippen molar-refractivity contribution in [2.75, 3.05) is 6.61 Å². The lowest BCUT2D eigenvalue weighted by molar-refractivity contribution is -0.121. The average molecular weight is 375 g/mol. The zero-order valence-corrected chi connectivity index (χ0v) is 15.8. The summed E-state index contributed by atoms with van der Waals surface area (Å²) in [5, 5.41) is 13.0. The number of ketones is 1. The second-order valence-corrected chi connectivity index (χ2v) is 6.73. The van der Waals surface area contributed by atoms with E-state index < -0.39 is 19.0 Å². The Bertz CT molecular complexity index is 693. The van der Waals surface area contributed by atoms with Crippen molar-refractivity contribution >= 4 is 24.8 Å². The van der Waals surface area contributed by atoms with Gasteiger partial charge in [0.1, 0.15) is 17.1 Å². The zero-order chi connectivity index (χ0) is 19.8. The second-order valence-electron chi connectivity index (χ2n) is 6.73. The van der Waals surface area contributed by atoms with Crippen molar-refractivity contribution in [1.29, 1.82) is 0 Å². The Balaban J connectivity index is 2.00. The summed E-state index contributed by atoms with van der Waals surface area (Å²) in [7, 11) is -1.26. The Kier molecular flexibility index (Phi) is 7.85. The van der Waals surface area contributed by atoms with Gasteiger partial charge in [0.05, 0.1) is 12.5 Å². The van der Waals surface area contributed by atoms with Crippen LogP contribution in [0.2, 0.25) is 0 Å². The summed E-state index contributed by atoms with van der Waals surface area (Å²) in [4.78, 5) is 35.2. The molecule has 2 N–H and O–H groups in total. The van der Waals surface area contributed by atoms with Crippen molar-refractivity contribution < 1.29 is 28.8 Å². The molecule has 27 heavy (non-hydrogen) atoms. The molecule has 0 saturated carbocycles. The van der Waals surface area contributed by atoms with Gasteiger partial charge in [-0.2, -0.15) is 0 Å². The van der Waals surface area contributed by atoms with Gasteiger partial charge in [0.2, 0.25) is 5.91 Å². The molecule has 146 valence electrons. The molecule has 1 aromatic carbocycles. The minimum atomic E-state index is -1.26. The molecule has 8 heteroatoms. The molecule has 0 saturated heterocycles. The molecule has 0 fully saturated rings. The summed E-state index contributed by atoms with van der Waals surface area (Å²) in [6.45, 7) is 3.82. The van der Waals surface area contributed by atoms with Crippen LogP contribution < -0.4 is 9.97 Å². The van der Waals surface area contributed by atoms with E-state index in [2.05, 4.69) is 5.32 Å². The number of benzene rings is 1. The van der Waals surface area contributed by atoms with Crippen LogP contribution in [0.1, 0.15) is 61.9 Å². The van der Waals surface area contributed by atoms with E-state index in [0.29, 0.717) is 31.6 Å². The maximum Gasteiger partial charge on any atom is 0.547 e. The number of ether oxygens (including phenoxy) is 1. The average Bonchev–Trinajstić information content (AvgIpc) is 2.61. The van der Waals surface area contributed by atoms with E-state index in [0.717, 1.165) is 18.4 Å². The first-order valence-electron chi connectivity index (χ1n) is 9.35. The SMILES string of the molecule is CCCCOC(=O)c1cccc2c1OB(O)[C@@H](NC(=O)CCCC(C)=O)C2. The van der Waals surface area contributed by atoms with E-state index >= 15 is 0 Å². The molecule has 1 aliphatic heterocycles. The van der Waals surface area contributed by atoms with E-state index in [1.54, 1.807) is 18.2 Å². The summed E-state index contributed by atoms with van der Waals surface area (Å²) in [6, 6.07) is 5.11. The number of hydrogen-bond acceptors (Lipinski definition) is 6. The molecule has 0 aliphatic carbocycles. The topological polar surface area (TPSA) is 102 Å². The van der Waals surface area contributed by atoms with Gasteiger partial charge in [0.15, 0.2) is 0 Å². The Morgan fingerprint density at radius 1 is 1.30 bits per heavy atom. The molecule has 1 heterocycles. The molecular weight excluding hydrogens is 349 g/mol. The van der Waals surface area contributed by atoms with E-state index in [1.165, 1.54) is 6.92 Å². The van der Waals surface area contributed by atoms with Crippen LogP contribution in [-0.4, -0.2) is 42.4 Å². The fraction of sp³-hybridized carbons (Fsp3) is 0.526. The largest absolute Gasteiger partial charge is 0.547 e. The van der Waals surface area contributed by atoms with Gasteiger partial charge in [-0.15, -0.1) is 0 Å². The fourth-order valence-electron chi connectivity index (χ4n) is 2.87. The molecule has 7 nitrogen and oxygen atoms in total. The summed E-state index contributed by atoms with van der Waals surface area (Å²) >= 11 is 0. The normalized spacial score (nSPS) is 15.5. The number of fused-ring (bicyclic) bond motifs is 1. The van der Waals surface area contributed by atoms with Crippen LogP contribution in [0.25, 0.3) is 0 Å². The zero-order valence-electron chi connectivity index (χ0n) is 15.8. The molecule has 1 aliphatic rings. The van der Waals surface area contributed by atoms with Gasteiger partial charge in [0.25, 0.3) is 0 Å². The lowest BCUT2D eigenvalue weighted by Gasteiger charge is -2.29. The quantitative estimate of drug-likeness (QED) is 0.388. The molecule has 1 amide bonds. The van der Waals surface area contributed by atoms with E-state index in [-0.39, 0.29) is 23.7 Å². The number of carbonyl (C=O) groups is 3. The van der Waals surface area contributed by atoms with Gasteiger partial charge in [-0.25, -0.2) is 4.79 Å². The van der Waals surface area contributed by atoms with Crippen molar-refractivity contribution in [3.8, 4) is 5.75 Å². The fourth-order valence-corrected chi connectivity index (χ4v) is 2.87. The van der Waals surface area contributed by atoms with E-state index in [4.69, 9.17) is 9.39 Å². The third kappa shape index (κ3) is 6.10. The lowest BCUT2D eigenvalue weighted by atomic mass is 9.72. The summed E-state index contributed by atoms with van der Waals surface area (Å²) < 4.78 is 10.8. The van der Waals surface area contributed by atoms with Crippen LogP contribution in [-0.2, 0) is 20.7 Å². The Labute approximate surface area is 159 Å². The highest BCUT2D eigenvalue weighted by Gasteiger charge is 2.37. The minimum absolute atomic E-state index is 0.0381. The van der Waals surface area contributed by atoms with Crippen molar-refractivity contribution in [3.63, 3.8) is 0 Å². The molecular formula is C19H26BNO6. The molecule has 0 radical (unpaired) electrons. The van der Waals surface area contributed by atoms with Crippen LogP contribution in [0.15, 0.2) is 18.2 Å². The van der Waals surface area contributed by atoms with Crippen molar-refractivity contribution in [2.24, 2.45) is 0 Å². The maximum absolute atomic E-state index is 12.2. The molecule has 0 bridgehead atoms. The number of Topliss-reactive ketones (excluding diaryl/α,β-unsaturated/α-hetero) is 1. The third-order valence-electron chi connectivity index (χ3n) is 4.35. The number of esters is 1. The van der Waals surface area contributed by atoms with Gasteiger partial charge in [0, 0.05) is 12.8 Å². The van der Waals surface area contributed by atoms with Crippen LogP contribution in [0, 0.1) is 0 Å². The first kappa shape index (κ1) is 21.0. The first-order chi connectivity index (χ1) is 12.9. The van der Waals surface area contributed by atoms with Crippen molar-refractivity contribution in [3.05, 3.63) is 29.3 Å². The van der Waals surface area contributed by atoms with Crippen LogP contribution in [0.4, 0.5) is 0 Å². The smallest absolute Gasteiger partial charge is 0.534 e. The number of hydrogen-bond donors (Lipinski definition) is 2. The van der Waals surface area contributed by atoms with Gasteiger partial charge in [-0.3, -0.25) is 4.79 Å². The number of carbonyl (C=O) groups excluding carboxylic acids is 3. The maximum atomic E-state index is 12.2. The molecule has 1 aromatic rings. The highest BCUT2D eigenvalue weighted by atomic mass is 16.5. The second kappa shape index (κ2) is 10.1. The minimum Gasteiger partial charge on any atom is -0.534 e. The Morgan fingerprint density at radius 3 is 2.78 bits per heavy atom. The van der Waals surface area contributed by atoms with Crippen LogP contribution >= 0.6 is 0 Å². The Morgan fingerprint density at radius 2 is 2.07 bits per heavy atom. The standard InChI is InChI=1S/C19H26BNO6/c1-3-4-11-26-19(24)15-9-6-8-14-12-16(20(25)27-18(14)15)21-17(23)10-5-7-13(2)22/h6,8-9,16,25H,3-5,7,10-12H2,1-2H3,(H,21,23)/t16-/m0/s1. The number of nitrogens with one attached hydrogen (secondary N) is 1. The molecule has 0 aromatic heterocycles. The molecule has 0 unspecified atom stereocenters. The number of rotatable bonds is 9. The predicted molar refractivity (Wildman–Crippen MR) is 100 cm³/mol. The number of unbranched alkanes of at least 4 members (excludes halogenated alkanes) is 1. The lowest BCUT2D eigenvalue weighted by Crippen LogP contribution is -2.53. The summed E-state index contributed by atoms with van der Waals surface area (Å²) in [5.41, 5.74) is 0.994.